The maximum absolute atomic E-state index is 13.4. The van der Waals surface area contributed by atoms with Crippen molar-refractivity contribution in [3.05, 3.63) is 62.9 Å². The normalized spacial score (nSPS) is 18.9. The van der Waals surface area contributed by atoms with E-state index in [1.807, 2.05) is 0 Å². The molecule has 34 heavy (non-hydrogen) atoms. The summed E-state index contributed by atoms with van der Waals surface area (Å²) in [5.41, 5.74) is 0.441. The number of hydrogen-bond donors (Lipinski definition) is 1. The van der Waals surface area contributed by atoms with E-state index >= 15 is 0 Å². The summed E-state index contributed by atoms with van der Waals surface area (Å²) < 4.78 is 11.7. The smallest absolute Gasteiger partial charge is 0.343 e. The predicted octanol–water partition coefficient (Wildman–Crippen LogP) is 2.25. The Hall–Kier alpha value is -4.03. The van der Waals surface area contributed by atoms with Gasteiger partial charge in [0.05, 0.1) is 41.7 Å². The highest BCUT2D eigenvalue weighted by Crippen LogP contribution is 2.42. The van der Waals surface area contributed by atoms with E-state index in [4.69, 9.17) is 14.5 Å². The Bertz CT molecular complexity index is 1480. The maximum atomic E-state index is 13.4. The Morgan fingerprint density at radius 2 is 2.09 bits per heavy atom. The van der Waals surface area contributed by atoms with Gasteiger partial charge in [-0.25, -0.2) is 9.78 Å². The van der Waals surface area contributed by atoms with E-state index in [2.05, 4.69) is 6.07 Å². The van der Waals surface area contributed by atoms with Crippen LogP contribution in [0.3, 0.4) is 0 Å². The second-order valence-electron chi connectivity index (χ2n) is 8.29. The van der Waals surface area contributed by atoms with Crippen LogP contribution in [0.2, 0.25) is 0 Å². The zero-order valence-electron chi connectivity index (χ0n) is 18.6. The summed E-state index contributed by atoms with van der Waals surface area (Å²) in [5, 5.41) is 21.6. The first-order chi connectivity index (χ1) is 16.3. The molecule has 2 aliphatic heterocycles. The molecule has 9 heteroatoms. The van der Waals surface area contributed by atoms with Gasteiger partial charge in [0.15, 0.2) is 11.5 Å². The van der Waals surface area contributed by atoms with E-state index in [-0.39, 0.29) is 37.3 Å². The molecule has 0 aliphatic carbocycles. The molecule has 4 heterocycles. The molecule has 0 amide bonds. The van der Waals surface area contributed by atoms with Crippen molar-refractivity contribution >= 4 is 22.8 Å². The van der Waals surface area contributed by atoms with Crippen molar-refractivity contribution in [1.82, 2.24) is 9.55 Å². The van der Waals surface area contributed by atoms with Gasteiger partial charge in [-0.2, -0.15) is 5.26 Å². The molecule has 0 spiro atoms. The molecule has 1 aromatic carbocycles. The summed E-state index contributed by atoms with van der Waals surface area (Å²) in [6.45, 7) is 3.27. The molecule has 1 unspecified atom stereocenters. The molecule has 0 fully saturated rings. The lowest BCUT2D eigenvalue weighted by Gasteiger charge is -2.31. The topological polar surface area (TPSA) is 132 Å². The van der Waals surface area contributed by atoms with Gasteiger partial charge in [0, 0.05) is 16.5 Å². The molecule has 172 valence electrons. The van der Waals surface area contributed by atoms with Gasteiger partial charge in [0.25, 0.3) is 5.56 Å². The first-order valence-electron chi connectivity index (χ1n) is 11.0. The van der Waals surface area contributed by atoms with E-state index in [1.165, 1.54) is 4.57 Å². The van der Waals surface area contributed by atoms with Gasteiger partial charge in [-0.15, -0.1) is 0 Å². The molecule has 0 saturated carbocycles. The molecule has 1 N–H and O–H groups in total. The summed E-state index contributed by atoms with van der Waals surface area (Å²) in [5.74, 6) is -2.69. The van der Waals surface area contributed by atoms with Gasteiger partial charge in [-0.3, -0.25) is 9.59 Å². The lowest BCUT2D eigenvalue weighted by Crippen LogP contribution is -2.44. The van der Waals surface area contributed by atoms with Crippen LogP contribution in [0.15, 0.2) is 35.1 Å². The number of esters is 2. The highest BCUT2D eigenvalue weighted by atomic mass is 16.6. The zero-order valence-corrected chi connectivity index (χ0v) is 18.6. The summed E-state index contributed by atoms with van der Waals surface area (Å²) in [6.07, 6.45) is 0.0321. The fourth-order valence-corrected chi connectivity index (χ4v) is 4.85. The van der Waals surface area contributed by atoms with Gasteiger partial charge in [-0.05, 0) is 31.0 Å². The van der Waals surface area contributed by atoms with E-state index in [0.29, 0.717) is 33.4 Å². The minimum atomic E-state index is -1.94. The van der Waals surface area contributed by atoms with Crippen LogP contribution in [0.4, 0.5) is 0 Å². The first kappa shape index (κ1) is 21.8. The number of aliphatic hydroxyl groups is 1. The number of para-hydroxylation sites is 1. The third kappa shape index (κ3) is 2.89. The van der Waals surface area contributed by atoms with Crippen molar-refractivity contribution in [3.8, 4) is 17.5 Å². The van der Waals surface area contributed by atoms with Crippen LogP contribution in [-0.4, -0.2) is 33.2 Å². The summed E-state index contributed by atoms with van der Waals surface area (Å²) >= 11 is 0. The second kappa shape index (κ2) is 7.78. The molecular formula is C25H21N3O6. The Morgan fingerprint density at radius 3 is 2.79 bits per heavy atom. The number of rotatable bonds is 4. The number of nitrogens with zero attached hydrogens (tertiary/aromatic N) is 3. The quantitative estimate of drug-likeness (QED) is 0.460. The Labute approximate surface area is 194 Å². The van der Waals surface area contributed by atoms with Crippen LogP contribution >= 0.6 is 0 Å². The molecule has 0 saturated heterocycles. The number of aromatic nitrogens is 2. The molecular weight excluding hydrogens is 438 g/mol. The number of hydrogen-bond acceptors (Lipinski definition) is 8. The summed E-state index contributed by atoms with van der Waals surface area (Å²) in [6, 6.07) is 10.8. The largest absolute Gasteiger partial charge is 0.465 e. The van der Waals surface area contributed by atoms with Crippen molar-refractivity contribution < 1.29 is 24.2 Å². The average Bonchev–Trinajstić information content (AvgIpc) is 3.20. The Morgan fingerprint density at radius 1 is 1.32 bits per heavy atom. The van der Waals surface area contributed by atoms with Crippen LogP contribution in [0, 0.1) is 11.3 Å². The van der Waals surface area contributed by atoms with Crippen LogP contribution < -0.4 is 5.56 Å². The average molecular weight is 459 g/mol. The second-order valence-corrected chi connectivity index (χ2v) is 8.29. The molecule has 2 aliphatic rings. The summed E-state index contributed by atoms with van der Waals surface area (Å²) in [7, 11) is 0. The molecule has 3 aromatic rings. The number of carbonyl (C=O) groups is 2. The third-order valence-corrected chi connectivity index (χ3v) is 6.58. The molecule has 2 atom stereocenters. The molecule has 2 aromatic heterocycles. The van der Waals surface area contributed by atoms with E-state index in [9.17, 15) is 24.8 Å². The van der Waals surface area contributed by atoms with Crippen molar-refractivity contribution in [1.29, 1.82) is 5.26 Å². The first-order valence-corrected chi connectivity index (χ1v) is 11.0. The fraction of sp³-hybridized carbons (Fsp3) is 0.320. The standard InChI is InChI=1S/C25H21N3O6/c1-3-25(32)17-9-19-21-15(11-28(19)22(29)16(17)12-34-24(25)31)20(14(10-26)23(30)33-4-2)13-7-5-6-8-18(13)27-21/h5-9,14,32H,3-4,11-12H2,1-2H3/t14?,25-/m0/s1. The monoisotopic (exact) mass is 459 g/mol. The number of ether oxygens (including phenoxy) is 2. The van der Waals surface area contributed by atoms with Crippen molar-refractivity contribution in [2.45, 2.75) is 44.9 Å². The van der Waals surface area contributed by atoms with Crippen molar-refractivity contribution in [3.63, 3.8) is 0 Å². The van der Waals surface area contributed by atoms with Crippen LogP contribution in [0.25, 0.3) is 22.3 Å². The maximum Gasteiger partial charge on any atom is 0.343 e. The number of carbonyl (C=O) groups excluding carboxylic acids is 2. The highest BCUT2D eigenvalue weighted by Gasteiger charge is 2.45. The Kier molecular flexibility index (Phi) is 4.99. The Balaban J connectivity index is 1.82. The SMILES string of the molecule is CCOC(=O)C(C#N)c1c2c(nc3ccccc13)-c1cc3c(c(=O)n1C2)COC(=O)[C@]3(O)CC. The molecule has 0 radical (unpaired) electrons. The predicted molar refractivity (Wildman–Crippen MR) is 120 cm³/mol. The third-order valence-electron chi connectivity index (χ3n) is 6.58. The lowest BCUT2D eigenvalue weighted by atomic mass is 9.86. The molecule has 5 rings (SSSR count). The number of fused-ring (bicyclic) bond motifs is 5. The number of benzene rings is 1. The van der Waals surface area contributed by atoms with Gasteiger partial charge >= 0.3 is 11.9 Å². The van der Waals surface area contributed by atoms with E-state index in [1.54, 1.807) is 44.2 Å². The van der Waals surface area contributed by atoms with E-state index < -0.39 is 29.0 Å². The zero-order chi connectivity index (χ0) is 24.2. The van der Waals surface area contributed by atoms with Crippen LogP contribution in [0.1, 0.15) is 48.4 Å². The van der Waals surface area contributed by atoms with Crippen molar-refractivity contribution in [2.75, 3.05) is 6.61 Å². The number of pyridine rings is 2. The van der Waals surface area contributed by atoms with Crippen molar-refractivity contribution in [2.24, 2.45) is 0 Å². The number of cyclic esters (lactones) is 1. The number of nitriles is 1. The fourth-order valence-electron chi connectivity index (χ4n) is 4.85. The summed E-state index contributed by atoms with van der Waals surface area (Å²) in [4.78, 5) is 43.3. The molecule has 0 bridgehead atoms. The highest BCUT2D eigenvalue weighted by molar-refractivity contribution is 5.95. The van der Waals surface area contributed by atoms with E-state index in [0.717, 1.165) is 0 Å². The molecule has 9 nitrogen and oxygen atoms in total. The minimum Gasteiger partial charge on any atom is -0.465 e. The van der Waals surface area contributed by atoms with Crippen LogP contribution in [0.5, 0.6) is 0 Å². The van der Waals surface area contributed by atoms with Gasteiger partial charge in [-0.1, -0.05) is 25.1 Å². The van der Waals surface area contributed by atoms with Crippen LogP contribution in [-0.2, 0) is 37.8 Å². The lowest BCUT2D eigenvalue weighted by molar-refractivity contribution is -0.172. The van der Waals surface area contributed by atoms with Gasteiger partial charge in [0.1, 0.15) is 6.61 Å². The minimum absolute atomic E-state index is 0.0321. The van der Waals surface area contributed by atoms with Gasteiger partial charge < -0.3 is 19.1 Å². The van der Waals surface area contributed by atoms with Gasteiger partial charge in [0.2, 0.25) is 0 Å².